The molecule has 0 unspecified atom stereocenters. The van der Waals surface area contributed by atoms with Crippen LogP contribution in [0.5, 0.6) is 0 Å². The molecule has 2 aromatic rings. The van der Waals surface area contributed by atoms with Gasteiger partial charge in [-0.3, -0.25) is 14.5 Å². The van der Waals surface area contributed by atoms with E-state index in [0.29, 0.717) is 10.7 Å². The summed E-state index contributed by atoms with van der Waals surface area (Å²) >= 11 is 6.06. The van der Waals surface area contributed by atoms with Gasteiger partial charge in [0.25, 0.3) is 0 Å². The van der Waals surface area contributed by atoms with E-state index in [-0.39, 0.29) is 24.9 Å². The lowest BCUT2D eigenvalue weighted by atomic mass is 10.1. The Hall–Kier alpha value is -2.37. The number of anilines is 2. The van der Waals surface area contributed by atoms with E-state index >= 15 is 0 Å². The van der Waals surface area contributed by atoms with Crippen molar-refractivity contribution in [2.24, 2.45) is 0 Å². The molecule has 0 fully saturated rings. The van der Waals surface area contributed by atoms with Crippen molar-refractivity contribution < 1.29 is 9.59 Å². The quantitative estimate of drug-likeness (QED) is 0.777. The first-order chi connectivity index (χ1) is 12.4. The number of halogens is 1. The van der Waals surface area contributed by atoms with Gasteiger partial charge in [-0.1, -0.05) is 42.8 Å². The van der Waals surface area contributed by atoms with Gasteiger partial charge in [-0.05, 0) is 49.7 Å². The molecule has 0 radical (unpaired) electrons. The van der Waals surface area contributed by atoms with E-state index in [4.69, 9.17) is 11.6 Å². The fourth-order valence-electron chi connectivity index (χ4n) is 2.56. The molecule has 0 aliphatic heterocycles. The topological polar surface area (TPSA) is 61.4 Å². The normalized spacial score (nSPS) is 10.7. The number of likely N-dealkylation sites (N-methyl/N-ethyl adjacent to an activating group) is 1. The summed E-state index contributed by atoms with van der Waals surface area (Å²) in [6.07, 6.45) is 0.841. The highest BCUT2D eigenvalue weighted by molar-refractivity contribution is 6.31. The Kier molecular flexibility index (Phi) is 7.18. The molecule has 2 amide bonds. The minimum Gasteiger partial charge on any atom is -0.325 e. The third-order valence-electron chi connectivity index (χ3n) is 3.95. The fourth-order valence-corrected chi connectivity index (χ4v) is 2.74. The Morgan fingerprint density at radius 3 is 2.35 bits per heavy atom. The van der Waals surface area contributed by atoms with Gasteiger partial charge in [-0.25, -0.2) is 0 Å². The zero-order chi connectivity index (χ0) is 19.1. The van der Waals surface area contributed by atoms with Crippen LogP contribution in [0, 0.1) is 6.92 Å². The minimum absolute atomic E-state index is 0.105. The van der Waals surface area contributed by atoms with Crippen LogP contribution in [0.1, 0.15) is 18.1 Å². The first-order valence-electron chi connectivity index (χ1n) is 8.51. The maximum Gasteiger partial charge on any atom is 0.238 e. The number of amides is 2. The first kappa shape index (κ1) is 19.9. The molecule has 0 aromatic heterocycles. The molecule has 0 aliphatic rings. The van der Waals surface area contributed by atoms with Crippen molar-refractivity contribution in [3.05, 3.63) is 58.6 Å². The van der Waals surface area contributed by atoms with E-state index in [2.05, 4.69) is 10.6 Å². The lowest BCUT2D eigenvalue weighted by Gasteiger charge is -2.17. The van der Waals surface area contributed by atoms with Gasteiger partial charge in [0.1, 0.15) is 0 Å². The van der Waals surface area contributed by atoms with Gasteiger partial charge >= 0.3 is 0 Å². The van der Waals surface area contributed by atoms with Gasteiger partial charge in [0.05, 0.1) is 13.1 Å². The highest BCUT2D eigenvalue weighted by Gasteiger charge is 2.12. The Balaban J connectivity index is 1.85. The Labute approximate surface area is 159 Å². The lowest BCUT2D eigenvalue weighted by Crippen LogP contribution is -2.36. The Morgan fingerprint density at radius 1 is 1.04 bits per heavy atom. The van der Waals surface area contributed by atoms with Crippen molar-refractivity contribution in [2.45, 2.75) is 20.3 Å². The SMILES string of the molecule is CCc1ccccc1NC(=O)CN(C)CC(=O)Nc1ccc(C)c(Cl)c1. The summed E-state index contributed by atoms with van der Waals surface area (Å²) < 4.78 is 0. The number of carbonyl (C=O) groups excluding carboxylic acids is 2. The maximum absolute atomic E-state index is 12.2. The molecule has 2 aromatic carbocycles. The largest absolute Gasteiger partial charge is 0.325 e. The van der Waals surface area contributed by atoms with Crippen LogP contribution in [-0.2, 0) is 16.0 Å². The van der Waals surface area contributed by atoms with Crippen LogP contribution in [0.4, 0.5) is 11.4 Å². The molecule has 0 atom stereocenters. The van der Waals surface area contributed by atoms with Crippen molar-refractivity contribution in [1.82, 2.24) is 4.90 Å². The van der Waals surface area contributed by atoms with Crippen LogP contribution < -0.4 is 10.6 Å². The van der Waals surface area contributed by atoms with Crippen LogP contribution in [0.15, 0.2) is 42.5 Å². The second-order valence-corrected chi connectivity index (χ2v) is 6.65. The van der Waals surface area contributed by atoms with Crippen molar-refractivity contribution in [2.75, 3.05) is 30.8 Å². The van der Waals surface area contributed by atoms with Crippen molar-refractivity contribution in [3.63, 3.8) is 0 Å². The molecule has 0 heterocycles. The molecule has 26 heavy (non-hydrogen) atoms. The third kappa shape index (κ3) is 5.86. The third-order valence-corrected chi connectivity index (χ3v) is 4.36. The fraction of sp³-hybridized carbons (Fsp3) is 0.300. The van der Waals surface area contributed by atoms with Crippen LogP contribution in [-0.4, -0.2) is 36.9 Å². The predicted molar refractivity (Wildman–Crippen MR) is 107 cm³/mol. The van der Waals surface area contributed by atoms with Gasteiger partial charge in [0, 0.05) is 16.4 Å². The second kappa shape index (κ2) is 9.36. The van der Waals surface area contributed by atoms with E-state index in [1.807, 2.05) is 44.2 Å². The van der Waals surface area contributed by atoms with Gasteiger partial charge < -0.3 is 10.6 Å². The van der Waals surface area contributed by atoms with Crippen molar-refractivity contribution >= 4 is 34.8 Å². The average Bonchev–Trinajstić information content (AvgIpc) is 2.58. The molecular formula is C20H24ClN3O2. The van der Waals surface area contributed by atoms with Crippen LogP contribution in [0.2, 0.25) is 5.02 Å². The molecule has 0 bridgehead atoms. The number of hydrogen-bond donors (Lipinski definition) is 2. The molecule has 2 N–H and O–H groups in total. The molecule has 2 rings (SSSR count). The standard InChI is InChI=1S/C20H24ClN3O2/c1-4-15-7-5-6-8-18(15)23-20(26)13-24(3)12-19(25)22-16-10-9-14(2)17(21)11-16/h5-11H,4,12-13H2,1-3H3,(H,22,25)(H,23,26). The molecule has 138 valence electrons. The predicted octanol–water partition coefficient (Wildman–Crippen LogP) is 3.72. The van der Waals surface area contributed by atoms with E-state index in [0.717, 1.165) is 23.2 Å². The summed E-state index contributed by atoms with van der Waals surface area (Å²) in [6.45, 7) is 4.17. The molecule has 0 saturated heterocycles. The van der Waals surface area contributed by atoms with Crippen molar-refractivity contribution in [1.29, 1.82) is 0 Å². The Bertz CT molecular complexity index is 792. The Morgan fingerprint density at radius 2 is 1.69 bits per heavy atom. The van der Waals surface area contributed by atoms with E-state index in [9.17, 15) is 9.59 Å². The summed E-state index contributed by atoms with van der Waals surface area (Å²) in [6, 6.07) is 13.1. The summed E-state index contributed by atoms with van der Waals surface area (Å²) in [5.74, 6) is -0.353. The second-order valence-electron chi connectivity index (χ2n) is 6.24. The lowest BCUT2D eigenvalue weighted by molar-refractivity contribution is -0.119. The number of benzene rings is 2. The summed E-state index contributed by atoms with van der Waals surface area (Å²) in [4.78, 5) is 26.0. The average molecular weight is 374 g/mol. The highest BCUT2D eigenvalue weighted by Crippen LogP contribution is 2.20. The van der Waals surface area contributed by atoms with Crippen LogP contribution >= 0.6 is 11.6 Å². The van der Waals surface area contributed by atoms with E-state index in [1.165, 1.54) is 0 Å². The minimum atomic E-state index is -0.200. The van der Waals surface area contributed by atoms with Gasteiger partial charge in [0.15, 0.2) is 0 Å². The van der Waals surface area contributed by atoms with E-state index in [1.54, 1.807) is 24.1 Å². The van der Waals surface area contributed by atoms with Crippen molar-refractivity contribution in [3.8, 4) is 0 Å². The zero-order valence-electron chi connectivity index (χ0n) is 15.3. The molecular weight excluding hydrogens is 350 g/mol. The number of rotatable bonds is 7. The number of nitrogens with zero attached hydrogens (tertiary/aromatic N) is 1. The number of aryl methyl sites for hydroxylation is 2. The summed E-state index contributed by atoms with van der Waals surface area (Å²) in [5, 5.41) is 6.29. The number of nitrogens with one attached hydrogen (secondary N) is 2. The summed E-state index contributed by atoms with van der Waals surface area (Å²) in [7, 11) is 1.73. The smallest absolute Gasteiger partial charge is 0.238 e. The number of para-hydroxylation sites is 1. The van der Waals surface area contributed by atoms with E-state index < -0.39 is 0 Å². The molecule has 0 aliphatic carbocycles. The zero-order valence-corrected chi connectivity index (χ0v) is 16.1. The van der Waals surface area contributed by atoms with Gasteiger partial charge in [0.2, 0.25) is 11.8 Å². The number of carbonyl (C=O) groups is 2. The highest BCUT2D eigenvalue weighted by atomic mass is 35.5. The van der Waals surface area contributed by atoms with Crippen LogP contribution in [0.3, 0.4) is 0 Å². The van der Waals surface area contributed by atoms with Crippen LogP contribution in [0.25, 0.3) is 0 Å². The maximum atomic E-state index is 12.2. The molecule has 5 nitrogen and oxygen atoms in total. The summed E-state index contributed by atoms with van der Waals surface area (Å²) in [5.41, 5.74) is 3.48. The monoisotopic (exact) mass is 373 g/mol. The van der Waals surface area contributed by atoms with Gasteiger partial charge in [-0.2, -0.15) is 0 Å². The molecule has 0 saturated carbocycles. The van der Waals surface area contributed by atoms with Gasteiger partial charge in [-0.15, -0.1) is 0 Å². The molecule has 6 heteroatoms. The first-order valence-corrected chi connectivity index (χ1v) is 8.89. The molecule has 0 spiro atoms. The number of hydrogen-bond acceptors (Lipinski definition) is 3.